The first kappa shape index (κ1) is 14.5. The van der Waals surface area contributed by atoms with Crippen molar-refractivity contribution in [2.24, 2.45) is 0 Å². The Hall–Kier alpha value is -2.90. The summed E-state index contributed by atoms with van der Waals surface area (Å²) in [6.45, 7) is 0.642. The highest BCUT2D eigenvalue weighted by Crippen LogP contribution is 2.01. The van der Waals surface area contributed by atoms with Gasteiger partial charge in [0.05, 0.1) is 6.54 Å². The molecule has 2 heterocycles. The van der Waals surface area contributed by atoms with Crippen molar-refractivity contribution >= 4 is 12.0 Å². The number of amides is 2. The largest absolute Gasteiger partial charge is 0.477 e. The highest BCUT2D eigenvalue weighted by molar-refractivity contribution is 5.85. The lowest BCUT2D eigenvalue weighted by molar-refractivity contribution is 0.0690. The van der Waals surface area contributed by atoms with E-state index >= 15 is 0 Å². The highest BCUT2D eigenvalue weighted by atomic mass is 16.4. The first-order valence-corrected chi connectivity index (χ1v) is 6.21. The molecule has 0 saturated carbocycles. The van der Waals surface area contributed by atoms with Gasteiger partial charge >= 0.3 is 12.0 Å². The molecule has 0 atom stereocenters. The number of imidazole rings is 1. The number of aromatic nitrogens is 3. The SMILES string of the molecule is CN(Cc1ncc[nH]1)C(=O)NCc1ccc(C(=O)O)nc1. The van der Waals surface area contributed by atoms with Gasteiger partial charge in [-0.25, -0.2) is 19.6 Å². The molecule has 0 aliphatic carbocycles. The van der Waals surface area contributed by atoms with Gasteiger partial charge in [0.2, 0.25) is 0 Å². The molecule has 0 bridgehead atoms. The molecule has 2 amide bonds. The maximum atomic E-state index is 11.9. The van der Waals surface area contributed by atoms with Gasteiger partial charge in [-0.05, 0) is 11.6 Å². The summed E-state index contributed by atoms with van der Waals surface area (Å²) in [4.78, 5) is 34.8. The second-order valence-corrected chi connectivity index (χ2v) is 4.41. The average Bonchev–Trinajstić information content (AvgIpc) is 2.98. The summed E-state index contributed by atoms with van der Waals surface area (Å²) in [6, 6.07) is 2.76. The average molecular weight is 289 g/mol. The Morgan fingerprint density at radius 3 is 2.76 bits per heavy atom. The molecule has 0 unspecified atom stereocenters. The summed E-state index contributed by atoms with van der Waals surface area (Å²) >= 11 is 0. The lowest BCUT2D eigenvalue weighted by Gasteiger charge is -2.16. The van der Waals surface area contributed by atoms with Gasteiger partial charge in [0.1, 0.15) is 11.5 Å². The zero-order valence-electron chi connectivity index (χ0n) is 11.4. The van der Waals surface area contributed by atoms with Crippen LogP contribution in [0.1, 0.15) is 21.9 Å². The van der Waals surface area contributed by atoms with Crippen LogP contribution < -0.4 is 5.32 Å². The standard InChI is InChI=1S/C13H15N5O3/c1-18(8-11-14-4-5-15-11)13(21)17-7-9-2-3-10(12(19)20)16-6-9/h2-6H,7-8H2,1H3,(H,14,15)(H,17,21)(H,19,20). The molecule has 110 valence electrons. The third-order valence-electron chi connectivity index (χ3n) is 2.78. The molecule has 2 aromatic heterocycles. The quantitative estimate of drug-likeness (QED) is 0.755. The summed E-state index contributed by atoms with van der Waals surface area (Å²) in [7, 11) is 1.66. The Kier molecular flexibility index (Phi) is 4.50. The third kappa shape index (κ3) is 4.03. The fourth-order valence-electron chi connectivity index (χ4n) is 1.65. The predicted octanol–water partition coefficient (Wildman–Crippen LogP) is 0.844. The molecule has 0 spiro atoms. The summed E-state index contributed by atoms with van der Waals surface area (Å²) in [5.41, 5.74) is 0.694. The number of carbonyl (C=O) groups is 2. The molecule has 8 nitrogen and oxygen atoms in total. The summed E-state index contributed by atoms with van der Waals surface area (Å²) < 4.78 is 0. The normalized spacial score (nSPS) is 10.1. The lowest BCUT2D eigenvalue weighted by atomic mass is 10.2. The van der Waals surface area contributed by atoms with E-state index < -0.39 is 5.97 Å². The Labute approximate surface area is 120 Å². The minimum absolute atomic E-state index is 0.0278. The number of nitrogens with one attached hydrogen (secondary N) is 2. The smallest absolute Gasteiger partial charge is 0.354 e. The fourth-order valence-corrected chi connectivity index (χ4v) is 1.65. The van der Waals surface area contributed by atoms with Gasteiger partial charge in [0.15, 0.2) is 0 Å². The number of carbonyl (C=O) groups excluding carboxylic acids is 1. The molecule has 0 radical (unpaired) electrons. The zero-order chi connectivity index (χ0) is 15.2. The number of pyridine rings is 1. The van der Waals surface area contributed by atoms with Crippen molar-refractivity contribution in [1.82, 2.24) is 25.2 Å². The van der Waals surface area contributed by atoms with Crippen LogP contribution in [-0.2, 0) is 13.1 Å². The number of urea groups is 1. The first-order chi connectivity index (χ1) is 10.1. The summed E-state index contributed by atoms with van der Waals surface area (Å²) in [5, 5.41) is 11.5. The number of aromatic carboxylic acids is 1. The van der Waals surface area contributed by atoms with E-state index in [2.05, 4.69) is 20.3 Å². The number of aromatic amines is 1. The molecule has 0 saturated heterocycles. The minimum Gasteiger partial charge on any atom is -0.477 e. The van der Waals surface area contributed by atoms with Gasteiger partial charge in [-0.1, -0.05) is 6.07 Å². The van der Waals surface area contributed by atoms with Crippen molar-refractivity contribution in [3.05, 3.63) is 47.8 Å². The Bertz CT molecular complexity index is 609. The number of rotatable bonds is 5. The van der Waals surface area contributed by atoms with Gasteiger partial charge < -0.3 is 20.3 Å². The molecule has 0 aromatic carbocycles. The number of nitrogens with zero attached hydrogens (tertiary/aromatic N) is 3. The Morgan fingerprint density at radius 2 is 2.19 bits per heavy atom. The Balaban J connectivity index is 1.84. The third-order valence-corrected chi connectivity index (χ3v) is 2.78. The first-order valence-electron chi connectivity index (χ1n) is 6.21. The summed E-state index contributed by atoms with van der Waals surface area (Å²) in [6.07, 6.45) is 4.74. The van der Waals surface area contributed by atoms with Crippen LogP contribution in [0.4, 0.5) is 4.79 Å². The minimum atomic E-state index is -1.08. The second-order valence-electron chi connectivity index (χ2n) is 4.41. The van der Waals surface area contributed by atoms with E-state index in [0.29, 0.717) is 12.4 Å². The van der Waals surface area contributed by atoms with E-state index in [1.165, 1.54) is 17.2 Å². The molecule has 21 heavy (non-hydrogen) atoms. The number of carboxylic acid groups (broad SMARTS) is 1. The van der Waals surface area contributed by atoms with E-state index in [-0.39, 0.29) is 18.3 Å². The fraction of sp³-hybridized carbons (Fsp3) is 0.231. The highest BCUT2D eigenvalue weighted by Gasteiger charge is 2.10. The molecule has 2 rings (SSSR count). The van der Waals surface area contributed by atoms with Crippen LogP contribution >= 0.6 is 0 Å². The van der Waals surface area contributed by atoms with Crippen LogP contribution in [0.15, 0.2) is 30.7 Å². The van der Waals surface area contributed by atoms with Crippen molar-refractivity contribution in [1.29, 1.82) is 0 Å². The number of H-pyrrole nitrogens is 1. The Morgan fingerprint density at radius 1 is 1.38 bits per heavy atom. The van der Waals surface area contributed by atoms with Crippen LogP contribution in [-0.4, -0.2) is 44.0 Å². The second kappa shape index (κ2) is 6.51. The van der Waals surface area contributed by atoms with Gasteiger partial charge in [-0.2, -0.15) is 0 Å². The molecule has 0 aliphatic rings. The van der Waals surface area contributed by atoms with E-state index in [4.69, 9.17) is 5.11 Å². The van der Waals surface area contributed by atoms with E-state index in [1.807, 2.05) is 0 Å². The van der Waals surface area contributed by atoms with Crippen molar-refractivity contribution in [2.45, 2.75) is 13.1 Å². The van der Waals surface area contributed by atoms with E-state index in [9.17, 15) is 9.59 Å². The number of hydrogen-bond acceptors (Lipinski definition) is 4. The topological polar surface area (TPSA) is 111 Å². The van der Waals surface area contributed by atoms with Gasteiger partial charge in [-0.3, -0.25) is 0 Å². The molecule has 0 fully saturated rings. The molecule has 3 N–H and O–H groups in total. The molecule has 8 heteroatoms. The van der Waals surface area contributed by atoms with Crippen LogP contribution in [0.25, 0.3) is 0 Å². The lowest BCUT2D eigenvalue weighted by Crippen LogP contribution is -2.36. The summed E-state index contributed by atoms with van der Waals surface area (Å²) in [5.74, 6) is -0.385. The van der Waals surface area contributed by atoms with Gasteiger partial charge in [-0.15, -0.1) is 0 Å². The van der Waals surface area contributed by atoms with Crippen LogP contribution in [0.5, 0.6) is 0 Å². The van der Waals surface area contributed by atoms with Gasteiger partial charge in [0.25, 0.3) is 0 Å². The van der Waals surface area contributed by atoms with Crippen LogP contribution in [0.2, 0.25) is 0 Å². The predicted molar refractivity (Wildman–Crippen MR) is 73.5 cm³/mol. The molecular formula is C13H15N5O3. The van der Waals surface area contributed by atoms with Crippen molar-refractivity contribution < 1.29 is 14.7 Å². The molecule has 0 aliphatic heterocycles. The molecule has 2 aromatic rings. The molecular weight excluding hydrogens is 274 g/mol. The van der Waals surface area contributed by atoms with Crippen molar-refractivity contribution in [3.63, 3.8) is 0 Å². The zero-order valence-corrected chi connectivity index (χ0v) is 11.4. The monoisotopic (exact) mass is 289 g/mol. The van der Waals surface area contributed by atoms with Crippen LogP contribution in [0.3, 0.4) is 0 Å². The maximum absolute atomic E-state index is 11.9. The van der Waals surface area contributed by atoms with Crippen molar-refractivity contribution in [2.75, 3.05) is 7.05 Å². The van der Waals surface area contributed by atoms with Crippen molar-refractivity contribution in [3.8, 4) is 0 Å². The van der Waals surface area contributed by atoms with Crippen LogP contribution in [0, 0.1) is 0 Å². The maximum Gasteiger partial charge on any atom is 0.354 e. The van der Waals surface area contributed by atoms with Gasteiger partial charge in [0, 0.05) is 32.2 Å². The number of carboxylic acids is 1. The van der Waals surface area contributed by atoms with E-state index in [0.717, 1.165) is 5.56 Å². The van der Waals surface area contributed by atoms with E-state index in [1.54, 1.807) is 25.5 Å². The number of hydrogen-bond donors (Lipinski definition) is 3.